The lowest BCUT2D eigenvalue weighted by molar-refractivity contribution is 0.0426. The molecule has 2 nitrogen and oxygen atoms in total. The van der Waals surface area contributed by atoms with Crippen LogP contribution in [0.5, 0.6) is 0 Å². The predicted molar refractivity (Wildman–Crippen MR) is 256 cm³/mol. The lowest BCUT2D eigenvalue weighted by Crippen LogP contribution is -2.49. The molecule has 5 atom stereocenters. The number of rotatable bonds is 6. The minimum Gasteiger partial charge on any atom is -0.310 e. The summed E-state index contributed by atoms with van der Waals surface area (Å²) in [4.78, 5) is 2.50. The second-order valence-corrected chi connectivity index (χ2v) is 18.4. The van der Waals surface area contributed by atoms with E-state index in [2.05, 4.69) is 217 Å². The molecule has 1 unspecified atom stereocenters. The highest BCUT2D eigenvalue weighted by Gasteiger charge is 2.56. The molecule has 0 saturated heterocycles. The van der Waals surface area contributed by atoms with Crippen LogP contribution >= 0.6 is 0 Å². The summed E-state index contributed by atoms with van der Waals surface area (Å²) in [6.07, 6.45) is 5.35. The Morgan fingerprint density at radius 2 is 1.03 bits per heavy atom. The van der Waals surface area contributed by atoms with Gasteiger partial charge in [-0.25, -0.2) is 0 Å². The van der Waals surface area contributed by atoms with Gasteiger partial charge < -0.3 is 9.47 Å². The fraction of sp³-hybridized carbons (Fsp3) is 0.186. The van der Waals surface area contributed by atoms with Gasteiger partial charge >= 0.3 is 0 Å². The molecule has 1 heterocycles. The molecule has 2 fully saturated rings. The van der Waals surface area contributed by atoms with E-state index in [1.807, 2.05) is 0 Å². The zero-order valence-electron chi connectivity index (χ0n) is 35.0. The van der Waals surface area contributed by atoms with Crippen molar-refractivity contribution in [1.82, 2.24) is 4.57 Å². The van der Waals surface area contributed by atoms with Crippen molar-refractivity contribution < 1.29 is 0 Å². The maximum absolute atomic E-state index is 2.60. The molecule has 296 valence electrons. The van der Waals surface area contributed by atoms with Crippen molar-refractivity contribution in [3.8, 4) is 39.1 Å². The second-order valence-electron chi connectivity index (χ2n) is 18.4. The molecule has 61 heavy (non-hydrogen) atoms. The van der Waals surface area contributed by atoms with Crippen LogP contribution in [-0.4, -0.2) is 4.57 Å². The molecule has 0 amide bonds. The summed E-state index contributed by atoms with van der Waals surface area (Å²) in [5, 5.41) is 2.57. The number of anilines is 3. The summed E-state index contributed by atoms with van der Waals surface area (Å²) in [7, 11) is 0. The zero-order chi connectivity index (χ0) is 40.7. The van der Waals surface area contributed by atoms with Crippen LogP contribution in [-0.2, 0) is 5.41 Å². The summed E-state index contributed by atoms with van der Waals surface area (Å²) < 4.78 is 2.39. The molecule has 2 bridgehead atoms. The number of para-hydroxylation sites is 2. The van der Waals surface area contributed by atoms with Crippen LogP contribution in [0.3, 0.4) is 0 Å². The second kappa shape index (κ2) is 14.2. The van der Waals surface area contributed by atoms with E-state index in [0.29, 0.717) is 11.8 Å². The van der Waals surface area contributed by atoms with E-state index in [1.54, 1.807) is 11.1 Å². The van der Waals surface area contributed by atoms with Gasteiger partial charge in [0.15, 0.2) is 0 Å². The number of hydrogen-bond acceptors (Lipinski definition) is 1. The molecule has 8 aromatic carbocycles. The first-order chi connectivity index (χ1) is 30.0. The summed E-state index contributed by atoms with van der Waals surface area (Å²) in [5.74, 6) is 2.84. The minimum atomic E-state index is 0.0277. The molecule has 1 spiro atoms. The lowest BCUT2D eigenvalue weighted by Gasteiger charge is -2.54. The van der Waals surface area contributed by atoms with Gasteiger partial charge in [0.2, 0.25) is 0 Å². The lowest BCUT2D eigenvalue weighted by atomic mass is 9.49. The van der Waals surface area contributed by atoms with Gasteiger partial charge in [-0.05, 0) is 155 Å². The van der Waals surface area contributed by atoms with Crippen LogP contribution in [0.15, 0.2) is 194 Å². The quantitative estimate of drug-likeness (QED) is 0.163. The van der Waals surface area contributed by atoms with Crippen molar-refractivity contribution in [2.45, 2.75) is 44.9 Å². The van der Waals surface area contributed by atoms with Crippen molar-refractivity contribution in [2.24, 2.45) is 23.7 Å². The van der Waals surface area contributed by atoms with Gasteiger partial charge in [0, 0.05) is 38.9 Å². The normalized spacial score (nSPS) is 21.4. The fourth-order valence-corrected chi connectivity index (χ4v) is 12.6. The third kappa shape index (κ3) is 5.68. The first kappa shape index (κ1) is 36.2. The summed E-state index contributed by atoms with van der Waals surface area (Å²) in [6.45, 7) is 5.08. The smallest absolute Gasteiger partial charge is 0.0541 e. The highest BCUT2D eigenvalue weighted by Crippen LogP contribution is 2.65. The number of aromatic nitrogens is 1. The Morgan fingerprint density at radius 1 is 0.443 bits per heavy atom. The van der Waals surface area contributed by atoms with Crippen LogP contribution in [0.4, 0.5) is 17.1 Å². The number of benzene rings is 8. The predicted octanol–water partition coefficient (Wildman–Crippen LogP) is 15.9. The van der Waals surface area contributed by atoms with Crippen LogP contribution < -0.4 is 4.90 Å². The Balaban J connectivity index is 0.964. The van der Waals surface area contributed by atoms with Gasteiger partial charge in [-0.2, -0.15) is 0 Å². The molecular weight excluding hydrogens is 737 g/mol. The van der Waals surface area contributed by atoms with Crippen molar-refractivity contribution in [2.75, 3.05) is 4.90 Å². The van der Waals surface area contributed by atoms with E-state index >= 15 is 0 Å². The molecule has 0 N–H and O–H groups in total. The van der Waals surface area contributed by atoms with Crippen molar-refractivity contribution >= 4 is 38.9 Å². The van der Waals surface area contributed by atoms with Crippen LogP contribution in [0, 0.1) is 23.7 Å². The fourth-order valence-electron chi connectivity index (χ4n) is 12.6. The van der Waals surface area contributed by atoms with E-state index in [9.17, 15) is 0 Å². The minimum absolute atomic E-state index is 0.0277. The van der Waals surface area contributed by atoms with Crippen molar-refractivity contribution in [1.29, 1.82) is 0 Å². The van der Waals surface area contributed by atoms with Crippen molar-refractivity contribution in [3.05, 3.63) is 205 Å². The Hall–Kier alpha value is -6.64. The molecule has 9 aromatic rings. The molecule has 2 saturated carbocycles. The van der Waals surface area contributed by atoms with E-state index in [4.69, 9.17) is 0 Å². The first-order valence-corrected chi connectivity index (χ1v) is 22.4. The third-order valence-electron chi connectivity index (χ3n) is 14.9. The van der Waals surface area contributed by atoms with Gasteiger partial charge in [-0.15, -0.1) is 0 Å². The Kier molecular flexibility index (Phi) is 8.46. The largest absolute Gasteiger partial charge is 0.310 e. The van der Waals surface area contributed by atoms with Crippen LogP contribution in [0.2, 0.25) is 0 Å². The average molecular weight is 787 g/mol. The van der Waals surface area contributed by atoms with Gasteiger partial charge in [0.25, 0.3) is 0 Å². The SMILES string of the molecule is C[C@H]1C[C@@H]2C[C@H](C1)C1(c3ccccc3-c3ccc(N(c4ccc(-c5ccc(-n6c7ccccc7c7ccccc76)cc5)cc4)c4cccc(-c5ccccc5)c4)cc31)[C@H](C)C2. The third-order valence-corrected chi connectivity index (χ3v) is 14.9. The van der Waals surface area contributed by atoms with E-state index in [0.717, 1.165) is 23.2 Å². The molecule has 3 aliphatic carbocycles. The topological polar surface area (TPSA) is 8.17 Å². The monoisotopic (exact) mass is 786 g/mol. The maximum Gasteiger partial charge on any atom is 0.0541 e. The molecular formula is C59H50N2. The van der Waals surface area contributed by atoms with Crippen LogP contribution in [0.25, 0.3) is 60.9 Å². The van der Waals surface area contributed by atoms with Gasteiger partial charge in [0.05, 0.1) is 11.0 Å². The maximum atomic E-state index is 2.60. The summed E-state index contributed by atoms with van der Waals surface area (Å²) >= 11 is 0. The van der Waals surface area contributed by atoms with E-state index in [-0.39, 0.29) is 5.41 Å². The van der Waals surface area contributed by atoms with Crippen molar-refractivity contribution in [3.63, 3.8) is 0 Å². The molecule has 12 rings (SSSR count). The highest BCUT2D eigenvalue weighted by molar-refractivity contribution is 6.09. The summed E-state index contributed by atoms with van der Waals surface area (Å²) in [6, 6.07) is 72.5. The first-order valence-electron chi connectivity index (χ1n) is 22.4. The van der Waals surface area contributed by atoms with E-state index in [1.165, 1.54) is 92.2 Å². The van der Waals surface area contributed by atoms with Gasteiger partial charge in [-0.3, -0.25) is 0 Å². The van der Waals surface area contributed by atoms with Gasteiger partial charge in [-0.1, -0.05) is 147 Å². The zero-order valence-corrected chi connectivity index (χ0v) is 35.0. The Morgan fingerprint density at radius 3 is 1.79 bits per heavy atom. The van der Waals surface area contributed by atoms with Gasteiger partial charge in [0.1, 0.15) is 0 Å². The molecule has 3 aliphatic rings. The number of nitrogens with zero attached hydrogens (tertiary/aromatic N) is 2. The standard InChI is InChI=1S/C59H50N2/c1-39-33-41-35-40(2)59(46(34-39)36-41)55-20-9-6-17-51(55)52-32-31-50(38-56(52)59)60(49-16-12-15-45(37-49)42-13-4-3-5-14-42)47-27-23-43(24-28-47)44-25-29-48(30-26-44)61-57-21-10-7-18-53(57)54-19-8-11-22-58(54)61/h3-32,37-41,46H,33-36H2,1-2H3/t39-,40+,41-,46-,59?/m0/s1. The Bertz CT molecular complexity index is 3030. The molecule has 2 heteroatoms. The Labute approximate surface area is 359 Å². The highest BCUT2D eigenvalue weighted by atomic mass is 15.1. The van der Waals surface area contributed by atoms with E-state index < -0.39 is 0 Å². The van der Waals surface area contributed by atoms with Crippen LogP contribution in [0.1, 0.15) is 50.7 Å². The average Bonchev–Trinajstić information content (AvgIpc) is 3.80. The summed E-state index contributed by atoms with van der Waals surface area (Å²) in [5.41, 5.74) is 18.0. The molecule has 0 radical (unpaired) electrons. The number of fused-ring (bicyclic) bond motifs is 11. The molecule has 0 aliphatic heterocycles. The number of hydrogen-bond donors (Lipinski definition) is 0. The molecule has 1 aromatic heterocycles.